The number of piperazine rings is 1. The van der Waals surface area contributed by atoms with Crippen LogP contribution in [0.25, 0.3) is 0 Å². The zero-order valence-electron chi connectivity index (χ0n) is 13.5. The predicted octanol–water partition coefficient (Wildman–Crippen LogP) is 4.19. The van der Waals surface area contributed by atoms with Gasteiger partial charge in [0, 0.05) is 25.7 Å². The fraction of sp³-hybridized carbons (Fsp3) is 0.278. The quantitative estimate of drug-likeness (QED) is 0.846. The molecule has 0 bridgehead atoms. The van der Waals surface area contributed by atoms with Crippen molar-refractivity contribution in [1.82, 2.24) is 4.90 Å². The number of phenolic OH excluding ortho intramolecular Hbond substituents is 1. The van der Waals surface area contributed by atoms with E-state index in [0.29, 0.717) is 30.3 Å². The molecule has 0 aromatic heterocycles. The molecule has 0 spiro atoms. The lowest BCUT2D eigenvalue weighted by Crippen LogP contribution is -2.53. The van der Waals surface area contributed by atoms with Crippen LogP contribution in [0.3, 0.4) is 0 Å². The topological polar surface area (TPSA) is 43.8 Å². The van der Waals surface area contributed by atoms with Gasteiger partial charge in [-0.25, -0.2) is 4.39 Å². The van der Waals surface area contributed by atoms with Gasteiger partial charge in [0.25, 0.3) is 5.91 Å². The molecule has 0 radical (unpaired) electrons. The first kappa shape index (κ1) is 17.8. The van der Waals surface area contributed by atoms with E-state index < -0.39 is 5.82 Å². The molecule has 0 aliphatic carbocycles. The Balaban J connectivity index is 1.77. The summed E-state index contributed by atoms with van der Waals surface area (Å²) in [5, 5.41) is 10.6. The summed E-state index contributed by atoms with van der Waals surface area (Å²) in [4.78, 5) is 16.4. The smallest absolute Gasteiger partial charge is 0.255 e. The molecule has 1 amide bonds. The van der Waals surface area contributed by atoms with Gasteiger partial charge in [-0.05, 0) is 37.3 Å². The molecule has 1 N–H and O–H groups in total. The van der Waals surface area contributed by atoms with Gasteiger partial charge in [0.15, 0.2) is 5.75 Å². The van der Waals surface area contributed by atoms with Gasteiger partial charge in [-0.3, -0.25) is 4.79 Å². The second-order valence-electron chi connectivity index (χ2n) is 6.03. The van der Waals surface area contributed by atoms with Crippen LogP contribution in [-0.2, 0) is 0 Å². The maximum atomic E-state index is 13.2. The fourth-order valence-corrected chi connectivity index (χ4v) is 3.49. The molecular formula is C18H17Cl2FN2O2. The third kappa shape index (κ3) is 3.53. The lowest BCUT2D eigenvalue weighted by atomic mass is 10.1. The second-order valence-corrected chi connectivity index (χ2v) is 6.84. The molecular weight excluding hydrogens is 366 g/mol. The SMILES string of the molecule is C[C@H]1CN(C(=O)c2ccc(F)cc2Cl)CCN1c1cccc(Cl)c1O. The largest absolute Gasteiger partial charge is 0.504 e. The van der Waals surface area contributed by atoms with Crippen molar-refractivity contribution in [2.75, 3.05) is 24.5 Å². The Morgan fingerprint density at radius 1 is 1.20 bits per heavy atom. The highest BCUT2D eigenvalue weighted by molar-refractivity contribution is 6.33. The number of phenols is 1. The van der Waals surface area contributed by atoms with Gasteiger partial charge >= 0.3 is 0 Å². The van der Waals surface area contributed by atoms with Crippen molar-refractivity contribution in [2.45, 2.75) is 13.0 Å². The number of aromatic hydroxyl groups is 1. The number of anilines is 1. The molecule has 1 atom stereocenters. The van der Waals surface area contributed by atoms with Crippen molar-refractivity contribution in [3.8, 4) is 5.75 Å². The van der Waals surface area contributed by atoms with E-state index in [1.54, 1.807) is 23.1 Å². The van der Waals surface area contributed by atoms with Crippen LogP contribution < -0.4 is 4.90 Å². The zero-order chi connectivity index (χ0) is 18.1. The number of para-hydroxylation sites is 1. The first-order chi connectivity index (χ1) is 11.9. The van der Waals surface area contributed by atoms with Crippen molar-refractivity contribution >= 4 is 34.8 Å². The molecule has 25 heavy (non-hydrogen) atoms. The summed E-state index contributed by atoms with van der Waals surface area (Å²) >= 11 is 12.0. The van der Waals surface area contributed by atoms with Gasteiger partial charge in [0.05, 0.1) is 21.3 Å². The molecule has 1 saturated heterocycles. The van der Waals surface area contributed by atoms with Crippen LogP contribution >= 0.6 is 23.2 Å². The summed E-state index contributed by atoms with van der Waals surface area (Å²) in [6.45, 7) is 3.42. The minimum atomic E-state index is -0.476. The highest BCUT2D eigenvalue weighted by atomic mass is 35.5. The summed E-state index contributed by atoms with van der Waals surface area (Å²) in [5.41, 5.74) is 0.932. The average Bonchev–Trinajstić information content (AvgIpc) is 2.57. The van der Waals surface area contributed by atoms with E-state index in [9.17, 15) is 14.3 Å². The van der Waals surface area contributed by atoms with E-state index in [1.807, 2.05) is 11.8 Å². The zero-order valence-corrected chi connectivity index (χ0v) is 15.1. The molecule has 132 valence electrons. The average molecular weight is 383 g/mol. The molecule has 1 aliphatic rings. The van der Waals surface area contributed by atoms with E-state index in [2.05, 4.69) is 0 Å². The molecule has 0 unspecified atom stereocenters. The summed E-state index contributed by atoms with van der Waals surface area (Å²) in [7, 11) is 0. The Hall–Kier alpha value is -1.98. The molecule has 2 aromatic carbocycles. The van der Waals surface area contributed by atoms with E-state index in [-0.39, 0.29) is 28.3 Å². The number of carbonyl (C=O) groups is 1. The summed E-state index contributed by atoms with van der Waals surface area (Å²) in [6, 6.07) is 8.94. The van der Waals surface area contributed by atoms with Crippen LogP contribution in [0.1, 0.15) is 17.3 Å². The molecule has 0 saturated carbocycles. The number of amides is 1. The van der Waals surface area contributed by atoms with E-state index in [4.69, 9.17) is 23.2 Å². The number of nitrogens with zero attached hydrogens (tertiary/aromatic N) is 2. The minimum absolute atomic E-state index is 0.0266. The number of halogens is 3. The lowest BCUT2D eigenvalue weighted by molar-refractivity contribution is 0.0726. The first-order valence-electron chi connectivity index (χ1n) is 7.87. The highest BCUT2D eigenvalue weighted by Gasteiger charge is 2.29. The Morgan fingerprint density at radius 3 is 2.64 bits per heavy atom. The standard InChI is InChI=1S/C18H17Cl2FN2O2/c1-11-10-22(18(25)13-6-5-12(21)9-15(13)20)7-8-23(11)16-4-2-3-14(19)17(16)24/h2-6,9,11,24H,7-8,10H2,1H3/t11-/m0/s1. The van der Waals surface area contributed by atoms with Crippen LogP contribution in [0.2, 0.25) is 10.0 Å². The third-order valence-electron chi connectivity index (χ3n) is 4.35. The van der Waals surface area contributed by atoms with Crippen LogP contribution in [0.15, 0.2) is 36.4 Å². The summed E-state index contributed by atoms with van der Waals surface area (Å²) in [6.07, 6.45) is 0. The Kier molecular flexibility index (Phi) is 5.06. The second kappa shape index (κ2) is 7.10. The first-order valence-corrected chi connectivity index (χ1v) is 8.62. The van der Waals surface area contributed by atoms with Gasteiger partial charge in [-0.15, -0.1) is 0 Å². The van der Waals surface area contributed by atoms with Gasteiger partial charge in [-0.1, -0.05) is 29.3 Å². The van der Waals surface area contributed by atoms with Crippen molar-refractivity contribution < 1.29 is 14.3 Å². The van der Waals surface area contributed by atoms with Gasteiger partial charge < -0.3 is 14.9 Å². The van der Waals surface area contributed by atoms with Crippen LogP contribution in [0, 0.1) is 5.82 Å². The Bertz CT molecular complexity index is 816. The Labute approximate surface area is 155 Å². The monoisotopic (exact) mass is 382 g/mol. The van der Waals surface area contributed by atoms with Crippen molar-refractivity contribution in [2.24, 2.45) is 0 Å². The predicted molar refractivity (Wildman–Crippen MR) is 97.2 cm³/mol. The van der Waals surface area contributed by atoms with E-state index in [0.717, 1.165) is 6.07 Å². The number of rotatable bonds is 2. The van der Waals surface area contributed by atoms with Gasteiger partial charge in [0.1, 0.15) is 5.82 Å². The third-order valence-corrected chi connectivity index (χ3v) is 4.97. The fourth-order valence-electron chi connectivity index (χ4n) is 3.07. The number of hydrogen-bond acceptors (Lipinski definition) is 3. The number of hydrogen-bond donors (Lipinski definition) is 1. The van der Waals surface area contributed by atoms with Crippen molar-refractivity contribution in [3.63, 3.8) is 0 Å². The molecule has 1 heterocycles. The van der Waals surface area contributed by atoms with E-state index in [1.165, 1.54) is 12.1 Å². The maximum absolute atomic E-state index is 13.2. The van der Waals surface area contributed by atoms with Crippen LogP contribution in [0.4, 0.5) is 10.1 Å². The molecule has 2 aromatic rings. The van der Waals surface area contributed by atoms with Crippen molar-refractivity contribution in [3.05, 3.63) is 57.8 Å². The normalized spacial score (nSPS) is 17.7. The summed E-state index contributed by atoms with van der Waals surface area (Å²) in [5.74, 6) is -0.666. The number of carbonyl (C=O) groups excluding carboxylic acids is 1. The van der Waals surface area contributed by atoms with Gasteiger partial charge in [0.2, 0.25) is 0 Å². The van der Waals surface area contributed by atoms with Crippen molar-refractivity contribution in [1.29, 1.82) is 0 Å². The Morgan fingerprint density at radius 2 is 1.96 bits per heavy atom. The highest BCUT2D eigenvalue weighted by Crippen LogP contribution is 2.36. The van der Waals surface area contributed by atoms with Crippen LogP contribution in [0.5, 0.6) is 5.75 Å². The molecule has 4 nitrogen and oxygen atoms in total. The van der Waals surface area contributed by atoms with Gasteiger partial charge in [-0.2, -0.15) is 0 Å². The lowest BCUT2D eigenvalue weighted by Gasteiger charge is -2.41. The maximum Gasteiger partial charge on any atom is 0.255 e. The molecule has 1 fully saturated rings. The summed E-state index contributed by atoms with van der Waals surface area (Å²) < 4.78 is 13.2. The number of benzene rings is 2. The van der Waals surface area contributed by atoms with E-state index >= 15 is 0 Å². The molecule has 3 rings (SSSR count). The minimum Gasteiger partial charge on any atom is -0.504 e. The molecule has 1 aliphatic heterocycles. The molecule has 7 heteroatoms. The van der Waals surface area contributed by atoms with Crippen LogP contribution in [-0.4, -0.2) is 41.6 Å².